The van der Waals surface area contributed by atoms with Crippen LogP contribution in [-0.4, -0.2) is 16.5 Å². The topological polar surface area (TPSA) is 46.2 Å². The van der Waals surface area contributed by atoms with Gasteiger partial charge in [-0.2, -0.15) is 0 Å². The summed E-state index contributed by atoms with van der Waals surface area (Å²) in [6.45, 7) is 3.69. The summed E-state index contributed by atoms with van der Waals surface area (Å²) in [5, 5.41) is 9.77. The van der Waals surface area contributed by atoms with Crippen molar-refractivity contribution in [2.75, 3.05) is 11.5 Å². The molecule has 1 atom stereocenters. The Morgan fingerprint density at radius 1 is 1.53 bits per heavy atom. The van der Waals surface area contributed by atoms with Gasteiger partial charge in [-0.3, -0.25) is 0 Å². The normalized spacial score (nSPS) is 14.9. The molecule has 1 aromatic rings. The zero-order chi connectivity index (χ0) is 11.5. The standard InChI is InChI=1S/C11H16FNOS/c1-3-11(2,14)7-15-8-4-5-10(13)9(12)6-8/h4-6,14H,3,7,13H2,1-2H3. The molecule has 0 fully saturated rings. The fourth-order valence-electron chi connectivity index (χ4n) is 0.939. The van der Waals surface area contributed by atoms with Crippen molar-refractivity contribution in [3.8, 4) is 0 Å². The molecule has 1 rings (SSSR count). The third-order valence-electron chi connectivity index (χ3n) is 2.28. The van der Waals surface area contributed by atoms with Crippen LogP contribution in [0.15, 0.2) is 23.1 Å². The fraction of sp³-hybridized carbons (Fsp3) is 0.455. The van der Waals surface area contributed by atoms with Crippen molar-refractivity contribution in [2.45, 2.75) is 30.8 Å². The quantitative estimate of drug-likeness (QED) is 0.616. The van der Waals surface area contributed by atoms with Crippen LogP contribution in [0.3, 0.4) is 0 Å². The highest BCUT2D eigenvalue weighted by Crippen LogP contribution is 2.26. The molecule has 0 heterocycles. The largest absolute Gasteiger partial charge is 0.396 e. The first kappa shape index (κ1) is 12.3. The van der Waals surface area contributed by atoms with E-state index in [1.165, 1.54) is 17.8 Å². The van der Waals surface area contributed by atoms with E-state index in [1.807, 2.05) is 6.92 Å². The van der Waals surface area contributed by atoms with Crippen LogP contribution in [0.4, 0.5) is 10.1 Å². The Morgan fingerprint density at radius 2 is 2.20 bits per heavy atom. The summed E-state index contributed by atoms with van der Waals surface area (Å²) < 4.78 is 13.1. The van der Waals surface area contributed by atoms with Gasteiger partial charge in [-0.1, -0.05) is 6.92 Å². The summed E-state index contributed by atoms with van der Waals surface area (Å²) in [5.74, 6) is 0.142. The summed E-state index contributed by atoms with van der Waals surface area (Å²) in [5.41, 5.74) is 4.81. The van der Waals surface area contributed by atoms with E-state index in [2.05, 4.69) is 0 Å². The van der Waals surface area contributed by atoms with Crippen LogP contribution in [0.5, 0.6) is 0 Å². The molecule has 0 spiro atoms. The molecule has 2 nitrogen and oxygen atoms in total. The summed E-state index contributed by atoms with van der Waals surface area (Å²) in [7, 11) is 0. The molecular weight excluding hydrogens is 213 g/mol. The van der Waals surface area contributed by atoms with Crippen molar-refractivity contribution >= 4 is 17.4 Å². The zero-order valence-electron chi connectivity index (χ0n) is 8.96. The maximum atomic E-state index is 13.1. The summed E-state index contributed by atoms with van der Waals surface area (Å²) in [6, 6.07) is 4.69. The third-order valence-corrected chi connectivity index (χ3v) is 3.64. The van der Waals surface area contributed by atoms with Crippen LogP contribution < -0.4 is 5.73 Å². The first-order valence-corrected chi connectivity index (χ1v) is 5.83. The monoisotopic (exact) mass is 229 g/mol. The predicted molar refractivity (Wildman–Crippen MR) is 62.5 cm³/mol. The Kier molecular flexibility index (Phi) is 3.99. The van der Waals surface area contributed by atoms with Crippen molar-refractivity contribution in [2.24, 2.45) is 0 Å². The number of anilines is 1. The van der Waals surface area contributed by atoms with Gasteiger partial charge < -0.3 is 10.8 Å². The molecule has 84 valence electrons. The SMILES string of the molecule is CCC(C)(O)CSc1ccc(N)c(F)c1. The number of aliphatic hydroxyl groups is 1. The lowest BCUT2D eigenvalue weighted by Crippen LogP contribution is -2.25. The first-order valence-electron chi connectivity index (χ1n) is 4.85. The van der Waals surface area contributed by atoms with Gasteiger partial charge in [-0.15, -0.1) is 11.8 Å². The number of hydrogen-bond acceptors (Lipinski definition) is 3. The van der Waals surface area contributed by atoms with Gasteiger partial charge in [-0.05, 0) is 31.5 Å². The maximum Gasteiger partial charge on any atom is 0.147 e. The smallest absolute Gasteiger partial charge is 0.147 e. The first-order chi connectivity index (χ1) is 6.94. The molecule has 0 radical (unpaired) electrons. The van der Waals surface area contributed by atoms with E-state index in [9.17, 15) is 9.50 Å². The molecule has 0 aliphatic carbocycles. The highest BCUT2D eigenvalue weighted by Gasteiger charge is 2.17. The number of rotatable bonds is 4. The second-order valence-electron chi connectivity index (χ2n) is 3.82. The van der Waals surface area contributed by atoms with Crippen molar-refractivity contribution in [3.63, 3.8) is 0 Å². The molecule has 0 bridgehead atoms. The van der Waals surface area contributed by atoms with Crippen LogP contribution in [0.1, 0.15) is 20.3 Å². The lowest BCUT2D eigenvalue weighted by atomic mass is 10.1. The van der Waals surface area contributed by atoms with E-state index in [0.29, 0.717) is 12.2 Å². The lowest BCUT2D eigenvalue weighted by Gasteiger charge is -2.20. The molecule has 0 amide bonds. The second-order valence-corrected chi connectivity index (χ2v) is 4.87. The average molecular weight is 229 g/mol. The van der Waals surface area contributed by atoms with E-state index in [-0.39, 0.29) is 5.69 Å². The molecule has 4 heteroatoms. The van der Waals surface area contributed by atoms with E-state index in [4.69, 9.17) is 5.73 Å². The molecule has 0 saturated heterocycles. The summed E-state index contributed by atoms with van der Waals surface area (Å²) in [4.78, 5) is 0.787. The fourth-order valence-corrected chi connectivity index (χ4v) is 1.97. The van der Waals surface area contributed by atoms with Gasteiger partial charge in [0.1, 0.15) is 5.82 Å². The molecular formula is C11H16FNOS. The number of hydrogen-bond donors (Lipinski definition) is 2. The molecule has 0 saturated carbocycles. The van der Waals surface area contributed by atoms with Crippen LogP contribution in [0.2, 0.25) is 0 Å². The molecule has 1 aromatic carbocycles. The molecule has 0 aromatic heterocycles. The zero-order valence-corrected chi connectivity index (χ0v) is 9.77. The number of halogens is 1. The highest BCUT2D eigenvalue weighted by molar-refractivity contribution is 7.99. The minimum Gasteiger partial charge on any atom is -0.396 e. The molecule has 3 N–H and O–H groups in total. The van der Waals surface area contributed by atoms with Gasteiger partial charge in [0.15, 0.2) is 0 Å². The Balaban J connectivity index is 2.62. The Morgan fingerprint density at radius 3 is 2.73 bits per heavy atom. The number of nitrogen functional groups attached to an aromatic ring is 1. The van der Waals surface area contributed by atoms with Gasteiger partial charge >= 0.3 is 0 Å². The minimum absolute atomic E-state index is 0.154. The summed E-state index contributed by atoms with van der Waals surface area (Å²) >= 11 is 1.43. The van der Waals surface area contributed by atoms with Crippen molar-refractivity contribution < 1.29 is 9.50 Å². The van der Waals surface area contributed by atoms with Gasteiger partial charge in [0, 0.05) is 10.6 Å². The maximum absolute atomic E-state index is 13.1. The van der Waals surface area contributed by atoms with Crippen LogP contribution in [-0.2, 0) is 0 Å². The average Bonchev–Trinajstić information content (AvgIpc) is 2.20. The Bertz CT molecular complexity index is 341. The Hall–Kier alpha value is -0.740. The number of benzene rings is 1. The van der Waals surface area contributed by atoms with E-state index >= 15 is 0 Å². The number of nitrogens with two attached hydrogens (primary N) is 1. The molecule has 0 aliphatic rings. The van der Waals surface area contributed by atoms with Crippen molar-refractivity contribution in [3.05, 3.63) is 24.0 Å². The van der Waals surface area contributed by atoms with E-state index < -0.39 is 11.4 Å². The second kappa shape index (κ2) is 4.86. The van der Waals surface area contributed by atoms with Gasteiger partial charge in [-0.25, -0.2) is 4.39 Å². The van der Waals surface area contributed by atoms with Gasteiger partial charge in [0.05, 0.1) is 11.3 Å². The third kappa shape index (κ3) is 3.72. The van der Waals surface area contributed by atoms with E-state index in [0.717, 1.165) is 4.90 Å². The predicted octanol–water partition coefficient (Wildman–Crippen LogP) is 2.66. The van der Waals surface area contributed by atoms with Crippen molar-refractivity contribution in [1.82, 2.24) is 0 Å². The Labute approximate surface area is 93.7 Å². The van der Waals surface area contributed by atoms with Gasteiger partial charge in [0.25, 0.3) is 0 Å². The minimum atomic E-state index is -0.706. The molecule has 1 unspecified atom stereocenters. The highest BCUT2D eigenvalue weighted by atomic mass is 32.2. The molecule has 0 aliphatic heterocycles. The van der Waals surface area contributed by atoms with Crippen molar-refractivity contribution in [1.29, 1.82) is 0 Å². The van der Waals surface area contributed by atoms with Crippen LogP contribution in [0, 0.1) is 5.82 Å². The van der Waals surface area contributed by atoms with Gasteiger partial charge in [0.2, 0.25) is 0 Å². The van der Waals surface area contributed by atoms with Crippen LogP contribution in [0.25, 0.3) is 0 Å². The lowest BCUT2D eigenvalue weighted by molar-refractivity contribution is 0.0816. The van der Waals surface area contributed by atoms with Crippen LogP contribution >= 0.6 is 11.8 Å². The summed E-state index contributed by atoms with van der Waals surface area (Å²) in [6.07, 6.45) is 0.678. The molecule has 15 heavy (non-hydrogen) atoms. The van der Waals surface area contributed by atoms with E-state index in [1.54, 1.807) is 19.1 Å². The number of thioether (sulfide) groups is 1.